The van der Waals surface area contributed by atoms with Gasteiger partial charge in [-0.2, -0.15) is 13.2 Å². The molecule has 0 heterocycles. The van der Waals surface area contributed by atoms with E-state index in [4.69, 9.17) is 4.74 Å². The molecule has 1 aromatic rings. The number of hydrogen-bond acceptors (Lipinski definition) is 2. The maximum absolute atomic E-state index is 12.1. The summed E-state index contributed by atoms with van der Waals surface area (Å²) in [6, 6.07) is 5.61. The van der Waals surface area contributed by atoms with Crippen LogP contribution in [0.2, 0.25) is 0 Å². The van der Waals surface area contributed by atoms with Gasteiger partial charge in [0.25, 0.3) is 0 Å². The quantitative estimate of drug-likeness (QED) is 0.709. The minimum absolute atomic E-state index is 0.0447. The number of benzene rings is 1. The van der Waals surface area contributed by atoms with E-state index in [1.54, 1.807) is 0 Å². The Morgan fingerprint density at radius 2 is 1.86 bits per heavy atom. The summed E-state index contributed by atoms with van der Waals surface area (Å²) in [5, 5.41) is 3.34. The van der Waals surface area contributed by atoms with Gasteiger partial charge in [0, 0.05) is 24.1 Å². The highest BCUT2D eigenvalue weighted by molar-refractivity contribution is 9.10. The predicted octanol–water partition coefficient (Wildman–Crippen LogP) is 5.06. The monoisotopic (exact) mass is 367 g/mol. The number of halogens is 4. The molecule has 1 N–H and O–H groups in total. The molecule has 0 atom stereocenters. The number of hydrogen-bond donors (Lipinski definition) is 1. The summed E-state index contributed by atoms with van der Waals surface area (Å²) >= 11 is 3.38. The molecule has 0 saturated heterocycles. The molecular weight excluding hydrogens is 347 g/mol. The van der Waals surface area contributed by atoms with Gasteiger partial charge in [0.05, 0.1) is 11.1 Å². The maximum Gasteiger partial charge on any atom is 0.389 e. The fourth-order valence-corrected chi connectivity index (χ4v) is 2.18. The highest BCUT2D eigenvalue weighted by Crippen LogP contribution is 2.30. The lowest BCUT2D eigenvalue weighted by Gasteiger charge is -2.22. The molecule has 0 aromatic heterocycles. The van der Waals surface area contributed by atoms with E-state index < -0.39 is 12.6 Å². The Bertz CT molecular complexity index is 455. The van der Waals surface area contributed by atoms with Crippen LogP contribution in [0.15, 0.2) is 22.7 Å². The van der Waals surface area contributed by atoms with Gasteiger partial charge in [0.2, 0.25) is 0 Å². The first-order valence-corrected chi connectivity index (χ1v) is 7.60. The summed E-state index contributed by atoms with van der Waals surface area (Å²) < 4.78 is 42.6. The van der Waals surface area contributed by atoms with Gasteiger partial charge in [0.1, 0.15) is 5.75 Å². The normalized spacial score (nSPS) is 12.5. The molecule has 21 heavy (non-hydrogen) atoms. The number of alkyl halides is 3. The van der Waals surface area contributed by atoms with Gasteiger partial charge in [-0.05, 0) is 49.2 Å². The molecule has 0 aliphatic heterocycles. The number of nitrogens with one attached hydrogen (secondary N) is 1. The van der Waals surface area contributed by atoms with Crippen molar-refractivity contribution >= 4 is 15.9 Å². The van der Waals surface area contributed by atoms with Crippen LogP contribution in [0.4, 0.5) is 13.2 Å². The molecule has 0 fully saturated rings. The van der Waals surface area contributed by atoms with Crippen LogP contribution in [0.3, 0.4) is 0 Å². The van der Waals surface area contributed by atoms with Crippen molar-refractivity contribution in [1.29, 1.82) is 0 Å². The first kappa shape index (κ1) is 18.3. The molecule has 0 saturated carbocycles. The molecule has 6 heteroatoms. The van der Waals surface area contributed by atoms with E-state index in [1.165, 1.54) is 0 Å². The Labute approximate surface area is 132 Å². The van der Waals surface area contributed by atoms with E-state index >= 15 is 0 Å². The zero-order chi connectivity index (χ0) is 16.1. The van der Waals surface area contributed by atoms with Gasteiger partial charge < -0.3 is 10.1 Å². The van der Waals surface area contributed by atoms with Gasteiger partial charge in [-0.3, -0.25) is 0 Å². The number of rotatable bonds is 6. The van der Waals surface area contributed by atoms with Gasteiger partial charge in [0.15, 0.2) is 0 Å². The fourth-order valence-electron chi connectivity index (χ4n) is 1.66. The smallest absolute Gasteiger partial charge is 0.389 e. The van der Waals surface area contributed by atoms with Crippen molar-refractivity contribution in [3.8, 4) is 5.75 Å². The average Bonchev–Trinajstić information content (AvgIpc) is 2.31. The van der Waals surface area contributed by atoms with Crippen LogP contribution < -0.4 is 10.1 Å². The fraction of sp³-hybridized carbons (Fsp3) is 0.600. The summed E-state index contributed by atoms with van der Waals surface area (Å²) in [6.45, 7) is 6.79. The minimum Gasteiger partial charge on any atom is -0.492 e. The van der Waals surface area contributed by atoms with Crippen molar-refractivity contribution in [2.45, 2.75) is 51.9 Å². The Hall–Kier alpha value is -0.750. The van der Waals surface area contributed by atoms with Crippen molar-refractivity contribution in [3.05, 3.63) is 28.2 Å². The Morgan fingerprint density at radius 3 is 2.43 bits per heavy atom. The number of para-hydroxylation sites is 1. The summed E-state index contributed by atoms with van der Waals surface area (Å²) in [5.41, 5.74) is 0.877. The molecule has 0 aliphatic carbocycles. The first-order valence-electron chi connectivity index (χ1n) is 6.80. The highest BCUT2D eigenvalue weighted by atomic mass is 79.9. The van der Waals surface area contributed by atoms with Crippen molar-refractivity contribution < 1.29 is 17.9 Å². The topological polar surface area (TPSA) is 21.3 Å². The molecule has 0 amide bonds. The van der Waals surface area contributed by atoms with Gasteiger partial charge in [-0.25, -0.2) is 0 Å². The highest BCUT2D eigenvalue weighted by Gasteiger charge is 2.26. The second-order valence-corrected chi connectivity index (χ2v) is 6.75. The molecule has 0 aliphatic rings. The standard InChI is InChI=1S/C15H21BrF3NO/c1-14(2,3)20-10-11-6-4-7-12(16)13(11)21-9-5-8-15(17,18)19/h4,6-7,20H,5,8-10H2,1-3H3. The molecule has 0 bridgehead atoms. The summed E-state index contributed by atoms with van der Waals surface area (Å²) in [7, 11) is 0. The van der Waals surface area contributed by atoms with Gasteiger partial charge in [-0.1, -0.05) is 12.1 Å². The van der Waals surface area contributed by atoms with E-state index in [2.05, 4.69) is 42.0 Å². The Morgan fingerprint density at radius 1 is 1.19 bits per heavy atom. The number of ether oxygens (including phenoxy) is 1. The lowest BCUT2D eigenvalue weighted by atomic mass is 10.1. The van der Waals surface area contributed by atoms with Crippen LogP contribution in [-0.4, -0.2) is 18.3 Å². The van der Waals surface area contributed by atoms with Crippen LogP contribution in [0.25, 0.3) is 0 Å². The van der Waals surface area contributed by atoms with Crippen LogP contribution >= 0.6 is 15.9 Å². The molecule has 1 aromatic carbocycles. The van der Waals surface area contributed by atoms with E-state index in [9.17, 15) is 13.2 Å². The van der Waals surface area contributed by atoms with E-state index in [0.29, 0.717) is 12.3 Å². The van der Waals surface area contributed by atoms with Gasteiger partial charge >= 0.3 is 6.18 Å². The second kappa shape index (κ2) is 7.49. The first-order chi connectivity index (χ1) is 9.58. The molecule has 1 rings (SSSR count). The SMILES string of the molecule is CC(C)(C)NCc1cccc(Br)c1OCCCC(F)(F)F. The van der Waals surface area contributed by atoms with E-state index in [0.717, 1.165) is 10.0 Å². The second-order valence-electron chi connectivity index (χ2n) is 5.90. The third-order valence-corrected chi connectivity index (χ3v) is 3.33. The average molecular weight is 368 g/mol. The van der Waals surface area contributed by atoms with E-state index in [-0.39, 0.29) is 18.6 Å². The largest absolute Gasteiger partial charge is 0.492 e. The summed E-state index contributed by atoms with van der Waals surface area (Å²) in [4.78, 5) is 0. The Balaban J connectivity index is 2.63. The Kier molecular flexibility index (Phi) is 6.53. The minimum atomic E-state index is -4.13. The lowest BCUT2D eigenvalue weighted by Crippen LogP contribution is -2.35. The molecule has 0 radical (unpaired) electrons. The van der Waals surface area contributed by atoms with Crippen LogP contribution in [0, 0.1) is 0 Å². The lowest BCUT2D eigenvalue weighted by molar-refractivity contribution is -0.136. The van der Waals surface area contributed by atoms with Crippen molar-refractivity contribution in [1.82, 2.24) is 5.32 Å². The zero-order valence-corrected chi connectivity index (χ0v) is 14.1. The van der Waals surface area contributed by atoms with Gasteiger partial charge in [-0.15, -0.1) is 0 Å². The van der Waals surface area contributed by atoms with Crippen molar-refractivity contribution in [2.75, 3.05) is 6.61 Å². The summed E-state index contributed by atoms with van der Waals surface area (Å²) in [5.74, 6) is 0.608. The van der Waals surface area contributed by atoms with Crippen LogP contribution in [0.1, 0.15) is 39.2 Å². The molecule has 0 spiro atoms. The molecule has 0 unspecified atom stereocenters. The molecular formula is C15H21BrF3NO. The van der Waals surface area contributed by atoms with Crippen LogP contribution in [-0.2, 0) is 6.54 Å². The molecule has 2 nitrogen and oxygen atoms in total. The maximum atomic E-state index is 12.1. The third-order valence-electron chi connectivity index (χ3n) is 2.71. The molecule has 120 valence electrons. The van der Waals surface area contributed by atoms with Crippen molar-refractivity contribution in [3.63, 3.8) is 0 Å². The van der Waals surface area contributed by atoms with Crippen LogP contribution in [0.5, 0.6) is 5.75 Å². The predicted molar refractivity (Wildman–Crippen MR) is 81.5 cm³/mol. The van der Waals surface area contributed by atoms with Crippen molar-refractivity contribution in [2.24, 2.45) is 0 Å². The zero-order valence-electron chi connectivity index (χ0n) is 12.5. The third kappa shape index (κ3) is 7.71. The summed E-state index contributed by atoms with van der Waals surface area (Å²) in [6.07, 6.45) is -5.00. The van der Waals surface area contributed by atoms with E-state index in [1.807, 2.05) is 18.2 Å².